The van der Waals surface area contributed by atoms with Gasteiger partial charge in [-0.15, -0.1) is 0 Å². The lowest BCUT2D eigenvalue weighted by molar-refractivity contribution is 1.09. The van der Waals surface area contributed by atoms with Crippen LogP contribution in [0.2, 0.25) is 0 Å². The zero-order valence-electron chi connectivity index (χ0n) is 8.99. The molecule has 0 heterocycles. The van der Waals surface area contributed by atoms with E-state index in [9.17, 15) is 0 Å². The van der Waals surface area contributed by atoms with Crippen LogP contribution in [0, 0.1) is 0 Å². The van der Waals surface area contributed by atoms with Gasteiger partial charge in [-0.2, -0.15) is 0 Å². The minimum Gasteiger partial charge on any atom is -0.333 e. The highest BCUT2D eigenvalue weighted by Gasteiger charge is 1.36. The van der Waals surface area contributed by atoms with Crippen LogP contribution in [0.15, 0.2) is 0 Å². The van der Waals surface area contributed by atoms with E-state index in [-0.39, 0.29) is 1.43 Å². The molecule has 0 spiro atoms. The molecule has 0 fully saturated rings. The third-order valence-corrected chi connectivity index (χ3v) is 0. The van der Waals surface area contributed by atoms with Gasteiger partial charge in [-0.25, -0.2) is 0 Å². The van der Waals surface area contributed by atoms with Crippen LogP contribution in [-0.2, 0) is 0 Å². The summed E-state index contributed by atoms with van der Waals surface area (Å²) in [7, 11) is 1.50. The Morgan fingerprint density at radius 1 is 0.800 bits per heavy atom. The fraction of sp³-hybridized carbons (Fsp3) is 1.00. The molecule has 0 aliphatic carbocycles. The Balaban J connectivity index is -0.0000000144. The molecule has 10 heavy (non-hydrogen) atoms. The van der Waals surface area contributed by atoms with Crippen molar-refractivity contribution in [2.24, 2.45) is 5.73 Å². The zero-order chi connectivity index (χ0) is 9.41. The van der Waals surface area contributed by atoms with Gasteiger partial charge in [0.2, 0.25) is 0 Å². The molecule has 0 unspecified atom stereocenters. The molecule has 0 saturated carbocycles. The summed E-state index contributed by atoms with van der Waals surface area (Å²) in [6.07, 6.45) is 2.50. The lowest BCUT2D eigenvalue weighted by Crippen LogP contribution is -1.69. The maximum atomic E-state index is 4.50. The quantitative estimate of drug-likeness (QED) is 0.561. The van der Waals surface area contributed by atoms with E-state index in [1.165, 1.54) is 19.9 Å². The van der Waals surface area contributed by atoms with E-state index in [4.69, 9.17) is 0 Å². The number of hydrogen-bond donors (Lipinski definition) is 1. The lowest BCUT2D eigenvalue weighted by atomic mass is 10.6. The zero-order valence-corrected chi connectivity index (χ0v) is 8.99. The summed E-state index contributed by atoms with van der Waals surface area (Å²) < 4.78 is 0. The average Bonchev–Trinajstić information content (AvgIpc) is 1.99. The van der Waals surface area contributed by atoms with E-state index >= 15 is 0 Å². The van der Waals surface area contributed by atoms with E-state index in [0.717, 1.165) is 0 Å². The first-order valence-electron chi connectivity index (χ1n) is 4.41. The highest BCUT2D eigenvalue weighted by atomic mass is 14.4. The fourth-order valence-corrected chi connectivity index (χ4v) is 0. The van der Waals surface area contributed by atoms with Gasteiger partial charge in [-0.05, 0) is 7.05 Å². The smallest absolute Gasteiger partial charge is 0 e. The van der Waals surface area contributed by atoms with Gasteiger partial charge < -0.3 is 5.73 Å². The summed E-state index contributed by atoms with van der Waals surface area (Å²) in [6, 6.07) is 0. The largest absolute Gasteiger partial charge is 0.333 e. The Hall–Kier alpha value is -0.0400. The van der Waals surface area contributed by atoms with Crippen LogP contribution in [0.4, 0.5) is 0 Å². The van der Waals surface area contributed by atoms with Gasteiger partial charge in [0.1, 0.15) is 0 Å². The van der Waals surface area contributed by atoms with Crippen LogP contribution in [-0.4, -0.2) is 7.05 Å². The van der Waals surface area contributed by atoms with E-state index in [1.807, 2.05) is 13.8 Å². The van der Waals surface area contributed by atoms with Crippen molar-refractivity contribution in [1.29, 1.82) is 0 Å². The maximum absolute atomic E-state index is 4.50. The van der Waals surface area contributed by atoms with Crippen molar-refractivity contribution >= 4 is 0 Å². The SMILES string of the molecule is CC.CCC.CCC.CN.[HH]. The van der Waals surface area contributed by atoms with E-state index in [2.05, 4.69) is 33.4 Å². The minimum absolute atomic E-state index is 0. The van der Waals surface area contributed by atoms with Crippen LogP contribution < -0.4 is 5.73 Å². The maximum Gasteiger partial charge on any atom is 0 e. The molecule has 2 N–H and O–H groups in total. The van der Waals surface area contributed by atoms with Gasteiger partial charge in [0.05, 0.1) is 0 Å². The topological polar surface area (TPSA) is 26.0 Å². The van der Waals surface area contributed by atoms with Gasteiger partial charge in [-0.1, -0.05) is 54.4 Å². The van der Waals surface area contributed by atoms with Crippen LogP contribution in [0.1, 0.15) is 55.8 Å². The molecule has 0 aliphatic rings. The molecule has 0 saturated heterocycles. The second-order valence-electron chi connectivity index (χ2n) is 1.41. The molecule has 1 heteroatoms. The van der Waals surface area contributed by atoms with Crippen LogP contribution in [0.3, 0.4) is 0 Å². The van der Waals surface area contributed by atoms with Gasteiger partial charge in [-0.3, -0.25) is 0 Å². The summed E-state index contributed by atoms with van der Waals surface area (Å²) in [4.78, 5) is 0. The minimum atomic E-state index is 0. The Morgan fingerprint density at radius 2 is 0.800 bits per heavy atom. The molecule has 0 aromatic heterocycles. The average molecular weight is 151 g/mol. The summed E-state index contributed by atoms with van der Waals surface area (Å²) in [5.41, 5.74) is 4.50. The fourth-order valence-electron chi connectivity index (χ4n) is 0. The molecular weight excluding hydrogens is 122 g/mol. The normalized spacial score (nSPS) is 4.80. The molecular formula is C9H29N. The van der Waals surface area contributed by atoms with Crippen LogP contribution in [0.25, 0.3) is 0 Å². The van der Waals surface area contributed by atoms with E-state index in [1.54, 1.807) is 0 Å². The Bertz CT molecular complexity index is 11.5. The first kappa shape index (κ1) is 22.5. The molecule has 0 radical (unpaired) electrons. The third kappa shape index (κ3) is 241000. The Labute approximate surface area is 69.5 Å². The molecule has 0 aromatic rings. The van der Waals surface area contributed by atoms with Crippen LogP contribution in [0.5, 0.6) is 0 Å². The molecule has 0 rings (SSSR count). The van der Waals surface area contributed by atoms with Crippen molar-refractivity contribution in [3.05, 3.63) is 0 Å². The predicted molar refractivity (Wildman–Crippen MR) is 55.5 cm³/mol. The molecule has 70 valence electrons. The van der Waals surface area contributed by atoms with Gasteiger partial charge in [0.25, 0.3) is 0 Å². The molecule has 0 aliphatic heterocycles. The number of nitrogens with two attached hydrogens (primary N) is 1. The van der Waals surface area contributed by atoms with Crippen LogP contribution >= 0.6 is 0 Å². The van der Waals surface area contributed by atoms with Crippen molar-refractivity contribution in [1.82, 2.24) is 0 Å². The van der Waals surface area contributed by atoms with Gasteiger partial charge >= 0.3 is 0 Å². The third-order valence-electron chi connectivity index (χ3n) is 0. The van der Waals surface area contributed by atoms with Gasteiger partial charge in [0.15, 0.2) is 0 Å². The molecule has 0 atom stereocenters. The Kier molecular flexibility index (Phi) is 333. The summed E-state index contributed by atoms with van der Waals surface area (Å²) in [6.45, 7) is 12.5. The molecule has 1 nitrogen and oxygen atoms in total. The summed E-state index contributed by atoms with van der Waals surface area (Å²) in [5.74, 6) is 0. The molecule has 0 aromatic carbocycles. The second kappa shape index (κ2) is 148. The first-order valence-corrected chi connectivity index (χ1v) is 4.41. The monoisotopic (exact) mass is 151 g/mol. The molecule has 0 bridgehead atoms. The lowest BCUT2D eigenvalue weighted by Gasteiger charge is -1.48. The number of rotatable bonds is 0. The highest BCUT2D eigenvalue weighted by Crippen LogP contribution is 1.56. The Morgan fingerprint density at radius 3 is 0.800 bits per heavy atom. The highest BCUT2D eigenvalue weighted by molar-refractivity contribution is 3.92. The molecule has 0 amide bonds. The van der Waals surface area contributed by atoms with Crippen molar-refractivity contribution in [2.45, 2.75) is 54.4 Å². The number of hydrogen-bond acceptors (Lipinski definition) is 1. The van der Waals surface area contributed by atoms with E-state index < -0.39 is 0 Å². The van der Waals surface area contributed by atoms with Crippen molar-refractivity contribution in [3.8, 4) is 0 Å². The van der Waals surface area contributed by atoms with Gasteiger partial charge in [0, 0.05) is 1.43 Å². The second-order valence-corrected chi connectivity index (χ2v) is 1.41. The predicted octanol–water partition coefficient (Wildman–Crippen LogP) is 3.68. The van der Waals surface area contributed by atoms with Crippen molar-refractivity contribution < 1.29 is 1.43 Å². The van der Waals surface area contributed by atoms with Crippen molar-refractivity contribution in [3.63, 3.8) is 0 Å². The first-order chi connectivity index (χ1) is 4.83. The standard InChI is InChI=1S/2C3H8.C2H6.CH5N.H2/c2*1-3-2;2*1-2;/h2*3H2,1-2H3;1-2H3;2H2,1H3;1H. The van der Waals surface area contributed by atoms with E-state index in [0.29, 0.717) is 0 Å². The van der Waals surface area contributed by atoms with Crippen molar-refractivity contribution in [2.75, 3.05) is 7.05 Å². The summed E-state index contributed by atoms with van der Waals surface area (Å²) >= 11 is 0. The summed E-state index contributed by atoms with van der Waals surface area (Å²) in [5, 5.41) is 0.